The Bertz CT molecular complexity index is 1150. The van der Waals surface area contributed by atoms with Gasteiger partial charge in [0.2, 0.25) is 0 Å². The molecule has 1 saturated heterocycles. The Balaban J connectivity index is 1.20. The number of ether oxygens (including phenoxy) is 2. The Labute approximate surface area is 173 Å². The van der Waals surface area contributed by atoms with Crippen molar-refractivity contribution in [1.82, 2.24) is 4.90 Å². The van der Waals surface area contributed by atoms with Crippen molar-refractivity contribution >= 4 is 22.5 Å². The Kier molecular flexibility index (Phi) is 4.62. The molecule has 0 unspecified atom stereocenters. The Morgan fingerprint density at radius 1 is 1.10 bits per heavy atom. The van der Waals surface area contributed by atoms with Crippen LogP contribution < -0.4 is 9.47 Å². The minimum absolute atomic E-state index is 0.0130. The lowest BCUT2D eigenvalue weighted by molar-refractivity contribution is -0.121. The van der Waals surface area contributed by atoms with Crippen LogP contribution in [0.15, 0.2) is 54.6 Å². The van der Waals surface area contributed by atoms with Crippen LogP contribution >= 0.6 is 0 Å². The van der Waals surface area contributed by atoms with Crippen LogP contribution in [0.1, 0.15) is 15.9 Å². The number of hydrogen-bond acceptors (Lipinski definition) is 4. The molecule has 0 bridgehead atoms. The van der Waals surface area contributed by atoms with Crippen LogP contribution in [0, 0.1) is 11.7 Å². The zero-order chi connectivity index (χ0) is 20.7. The van der Waals surface area contributed by atoms with Crippen LogP contribution in [-0.4, -0.2) is 42.9 Å². The first-order valence-corrected chi connectivity index (χ1v) is 9.94. The van der Waals surface area contributed by atoms with E-state index in [4.69, 9.17) is 9.47 Å². The lowest BCUT2D eigenvalue weighted by Gasteiger charge is -2.39. The van der Waals surface area contributed by atoms with Crippen molar-refractivity contribution in [2.75, 3.05) is 26.3 Å². The highest BCUT2D eigenvalue weighted by molar-refractivity contribution is 5.96. The monoisotopic (exact) mass is 405 g/mol. The molecule has 0 aromatic heterocycles. The van der Waals surface area contributed by atoms with Gasteiger partial charge in [-0.3, -0.25) is 9.59 Å². The zero-order valence-corrected chi connectivity index (χ0v) is 16.3. The average Bonchev–Trinajstić information content (AvgIpc) is 2.72. The summed E-state index contributed by atoms with van der Waals surface area (Å²) in [6.07, 6.45) is 0.165. The van der Waals surface area contributed by atoms with E-state index in [0.29, 0.717) is 31.0 Å². The standard InChI is InChI=1S/C24H20FNO4/c25-22-10-23-18(7-19(27)14-30-23)9-21(22)24(28)26-11-15(12-26)13-29-20-6-5-16-3-1-2-4-17(16)8-20/h1-6,8-10,15H,7,11-14H2. The molecule has 1 fully saturated rings. The summed E-state index contributed by atoms with van der Waals surface area (Å²) >= 11 is 0. The zero-order valence-electron chi connectivity index (χ0n) is 16.3. The summed E-state index contributed by atoms with van der Waals surface area (Å²) in [6.45, 7) is 1.47. The summed E-state index contributed by atoms with van der Waals surface area (Å²) in [5.74, 6) is 0.269. The minimum Gasteiger partial charge on any atom is -0.493 e. The van der Waals surface area contributed by atoms with E-state index in [2.05, 4.69) is 6.07 Å². The summed E-state index contributed by atoms with van der Waals surface area (Å²) < 4.78 is 25.5. The molecule has 2 heterocycles. The normalized spacial score (nSPS) is 16.0. The maximum Gasteiger partial charge on any atom is 0.256 e. The SMILES string of the molecule is O=C1COc2cc(F)c(C(=O)N3CC(COc4ccc5ccccc5c4)C3)cc2C1. The summed E-state index contributed by atoms with van der Waals surface area (Å²) in [6, 6.07) is 16.7. The largest absolute Gasteiger partial charge is 0.493 e. The maximum absolute atomic E-state index is 14.4. The van der Waals surface area contributed by atoms with Crippen molar-refractivity contribution in [2.24, 2.45) is 5.92 Å². The van der Waals surface area contributed by atoms with Crippen LogP contribution in [0.25, 0.3) is 10.8 Å². The van der Waals surface area contributed by atoms with Crippen molar-refractivity contribution in [3.8, 4) is 11.5 Å². The van der Waals surface area contributed by atoms with Crippen molar-refractivity contribution in [1.29, 1.82) is 0 Å². The van der Waals surface area contributed by atoms with Crippen LogP contribution in [0.4, 0.5) is 4.39 Å². The molecule has 0 saturated carbocycles. The lowest BCUT2D eigenvalue weighted by Crippen LogP contribution is -2.52. The fourth-order valence-corrected chi connectivity index (χ4v) is 3.94. The predicted octanol–water partition coefficient (Wildman–Crippen LogP) is 3.63. The number of Topliss-reactive ketones (excluding diaryl/α,β-unsaturated/α-hetero) is 1. The molecule has 30 heavy (non-hydrogen) atoms. The second-order valence-electron chi connectivity index (χ2n) is 7.84. The topological polar surface area (TPSA) is 55.8 Å². The molecule has 5 rings (SSSR count). The third-order valence-corrected chi connectivity index (χ3v) is 5.61. The maximum atomic E-state index is 14.4. The van der Waals surface area contributed by atoms with Gasteiger partial charge in [-0.05, 0) is 29.0 Å². The average molecular weight is 405 g/mol. The number of likely N-dealkylation sites (tertiary alicyclic amines) is 1. The molecule has 0 atom stereocenters. The quantitative estimate of drug-likeness (QED) is 0.665. The van der Waals surface area contributed by atoms with Crippen molar-refractivity contribution in [2.45, 2.75) is 6.42 Å². The van der Waals surface area contributed by atoms with Crippen LogP contribution in [0.5, 0.6) is 11.5 Å². The third kappa shape index (κ3) is 3.49. The van der Waals surface area contributed by atoms with E-state index in [1.807, 2.05) is 36.4 Å². The molecule has 5 nitrogen and oxygen atoms in total. The number of carbonyl (C=O) groups is 2. The van der Waals surface area contributed by atoms with Crippen molar-refractivity contribution < 1.29 is 23.5 Å². The molecule has 2 aliphatic heterocycles. The van der Waals surface area contributed by atoms with Crippen molar-refractivity contribution in [3.63, 3.8) is 0 Å². The number of fused-ring (bicyclic) bond motifs is 2. The highest BCUT2D eigenvalue weighted by Crippen LogP contribution is 2.29. The smallest absolute Gasteiger partial charge is 0.256 e. The molecule has 152 valence electrons. The Hall–Kier alpha value is -3.41. The first-order valence-electron chi connectivity index (χ1n) is 9.94. The number of carbonyl (C=O) groups excluding carboxylic acids is 2. The number of ketones is 1. The van der Waals surface area contributed by atoms with Gasteiger partial charge in [-0.25, -0.2) is 4.39 Å². The van der Waals surface area contributed by atoms with E-state index in [0.717, 1.165) is 16.5 Å². The number of hydrogen-bond donors (Lipinski definition) is 0. The van der Waals surface area contributed by atoms with Crippen LogP contribution in [-0.2, 0) is 11.2 Å². The molecule has 1 amide bonds. The summed E-state index contributed by atoms with van der Waals surface area (Å²) in [5.41, 5.74) is 0.550. The number of benzene rings is 3. The number of halogens is 1. The van der Waals surface area contributed by atoms with E-state index < -0.39 is 5.82 Å². The van der Waals surface area contributed by atoms with Gasteiger partial charge in [-0.2, -0.15) is 0 Å². The van der Waals surface area contributed by atoms with Gasteiger partial charge >= 0.3 is 0 Å². The molecule has 3 aromatic rings. The van der Waals surface area contributed by atoms with E-state index in [1.54, 1.807) is 4.90 Å². The molecule has 0 aliphatic carbocycles. The van der Waals surface area contributed by atoms with Gasteiger partial charge in [0, 0.05) is 37.1 Å². The summed E-state index contributed by atoms with van der Waals surface area (Å²) in [5, 5.41) is 2.27. The Morgan fingerprint density at radius 3 is 2.73 bits per heavy atom. The molecule has 0 spiro atoms. The first kappa shape index (κ1) is 18.6. The number of amides is 1. The second kappa shape index (κ2) is 7.44. The van der Waals surface area contributed by atoms with Gasteiger partial charge in [0.25, 0.3) is 5.91 Å². The number of nitrogens with zero attached hydrogens (tertiary/aromatic N) is 1. The fraction of sp³-hybridized carbons (Fsp3) is 0.250. The fourth-order valence-electron chi connectivity index (χ4n) is 3.94. The highest BCUT2D eigenvalue weighted by atomic mass is 19.1. The highest BCUT2D eigenvalue weighted by Gasteiger charge is 2.33. The first-order chi connectivity index (χ1) is 14.6. The number of rotatable bonds is 4. The summed E-state index contributed by atoms with van der Waals surface area (Å²) in [4.78, 5) is 25.9. The van der Waals surface area contributed by atoms with Crippen molar-refractivity contribution in [3.05, 3.63) is 71.5 Å². The van der Waals surface area contributed by atoms with Gasteiger partial charge in [0.15, 0.2) is 5.78 Å². The summed E-state index contributed by atoms with van der Waals surface area (Å²) in [7, 11) is 0. The van der Waals surface area contributed by atoms with Gasteiger partial charge < -0.3 is 14.4 Å². The van der Waals surface area contributed by atoms with E-state index in [9.17, 15) is 14.0 Å². The molecule has 6 heteroatoms. The molecular formula is C24H20FNO4. The van der Waals surface area contributed by atoms with Gasteiger partial charge in [0.1, 0.15) is 23.9 Å². The molecule has 0 N–H and O–H groups in total. The second-order valence-corrected chi connectivity index (χ2v) is 7.84. The molecule has 2 aliphatic rings. The predicted molar refractivity (Wildman–Crippen MR) is 109 cm³/mol. The lowest BCUT2D eigenvalue weighted by atomic mass is 9.97. The third-order valence-electron chi connectivity index (χ3n) is 5.61. The molecular weight excluding hydrogens is 385 g/mol. The molecule has 0 radical (unpaired) electrons. The minimum atomic E-state index is -0.621. The van der Waals surface area contributed by atoms with E-state index in [-0.39, 0.29) is 36.2 Å². The van der Waals surface area contributed by atoms with E-state index >= 15 is 0 Å². The Morgan fingerprint density at radius 2 is 1.90 bits per heavy atom. The molecule has 3 aromatic carbocycles. The van der Waals surface area contributed by atoms with Gasteiger partial charge in [-0.1, -0.05) is 30.3 Å². The van der Waals surface area contributed by atoms with Crippen LogP contribution in [0.2, 0.25) is 0 Å². The van der Waals surface area contributed by atoms with E-state index in [1.165, 1.54) is 12.1 Å². The van der Waals surface area contributed by atoms with Gasteiger partial charge in [0.05, 0.1) is 12.2 Å². The van der Waals surface area contributed by atoms with Crippen LogP contribution in [0.3, 0.4) is 0 Å². The van der Waals surface area contributed by atoms with Gasteiger partial charge in [-0.15, -0.1) is 0 Å².